The summed E-state index contributed by atoms with van der Waals surface area (Å²) in [6.45, 7) is 6.22. The van der Waals surface area contributed by atoms with Crippen LogP contribution in [-0.2, 0) is 17.8 Å². The smallest absolute Gasteiger partial charge is 0.243 e. The summed E-state index contributed by atoms with van der Waals surface area (Å²) in [7, 11) is 0. The van der Waals surface area contributed by atoms with Crippen molar-refractivity contribution in [1.82, 2.24) is 35.4 Å². The SMILES string of the molecule is CCn1c(C)nnc1SCCNC(=O)C1NCCc2[nH]cnc21. The first-order valence-electron chi connectivity index (χ1n) is 7.76. The van der Waals surface area contributed by atoms with E-state index in [1.807, 2.05) is 6.92 Å². The van der Waals surface area contributed by atoms with Gasteiger partial charge in [0.05, 0.1) is 12.0 Å². The van der Waals surface area contributed by atoms with E-state index in [1.165, 1.54) is 0 Å². The fraction of sp³-hybridized carbons (Fsp3) is 0.571. The van der Waals surface area contributed by atoms with Crippen LogP contribution in [0.1, 0.15) is 30.2 Å². The van der Waals surface area contributed by atoms with Crippen molar-refractivity contribution in [2.45, 2.75) is 38.0 Å². The van der Waals surface area contributed by atoms with Crippen LogP contribution >= 0.6 is 11.8 Å². The largest absolute Gasteiger partial charge is 0.354 e. The van der Waals surface area contributed by atoms with Gasteiger partial charge in [-0.3, -0.25) is 4.79 Å². The number of H-pyrrole nitrogens is 1. The Hall–Kier alpha value is -1.87. The summed E-state index contributed by atoms with van der Waals surface area (Å²) in [5.74, 6) is 1.63. The Morgan fingerprint density at radius 2 is 2.39 bits per heavy atom. The lowest BCUT2D eigenvalue weighted by Crippen LogP contribution is -2.42. The number of carbonyl (C=O) groups is 1. The lowest BCUT2D eigenvalue weighted by Gasteiger charge is -2.22. The average molecular weight is 335 g/mol. The molecule has 0 aliphatic carbocycles. The summed E-state index contributed by atoms with van der Waals surface area (Å²) in [6.07, 6.45) is 2.52. The molecule has 1 unspecified atom stereocenters. The third-order valence-electron chi connectivity index (χ3n) is 3.86. The molecule has 3 rings (SSSR count). The van der Waals surface area contributed by atoms with E-state index in [0.29, 0.717) is 6.54 Å². The number of aromatic nitrogens is 5. The maximum atomic E-state index is 12.3. The highest BCUT2D eigenvalue weighted by atomic mass is 32.2. The van der Waals surface area contributed by atoms with E-state index in [-0.39, 0.29) is 11.9 Å². The fourth-order valence-electron chi connectivity index (χ4n) is 2.69. The zero-order chi connectivity index (χ0) is 16.2. The second-order valence-electron chi connectivity index (χ2n) is 5.32. The van der Waals surface area contributed by atoms with E-state index in [9.17, 15) is 4.79 Å². The minimum atomic E-state index is -0.364. The first kappa shape index (κ1) is 16.0. The summed E-state index contributed by atoms with van der Waals surface area (Å²) >= 11 is 1.60. The van der Waals surface area contributed by atoms with Crippen LogP contribution in [0.4, 0.5) is 0 Å². The number of nitrogens with one attached hydrogen (secondary N) is 3. The summed E-state index contributed by atoms with van der Waals surface area (Å²) < 4.78 is 2.06. The third-order valence-corrected chi connectivity index (χ3v) is 4.83. The van der Waals surface area contributed by atoms with Crippen molar-refractivity contribution < 1.29 is 4.79 Å². The molecule has 23 heavy (non-hydrogen) atoms. The molecule has 1 atom stereocenters. The molecule has 3 heterocycles. The lowest BCUT2D eigenvalue weighted by atomic mass is 10.1. The lowest BCUT2D eigenvalue weighted by molar-refractivity contribution is -0.123. The summed E-state index contributed by atoms with van der Waals surface area (Å²) in [6, 6.07) is -0.364. The van der Waals surface area contributed by atoms with Gasteiger partial charge in [-0.1, -0.05) is 11.8 Å². The molecule has 0 radical (unpaired) electrons. The van der Waals surface area contributed by atoms with Crippen LogP contribution in [0.25, 0.3) is 0 Å². The minimum absolute atomic E-state index is 0.0354. The van der Waals surface area contributed by atoms with Gasteiger partial charge in [-0.25, -0.2) is 4.98 Å². The van der Waals surface area contributed by atoms with Crippen LogP contribution < -0.4 is 10.6 Å². The quantitative estimate of drug-likeness (QED) is 0.523. The first-order valence-corrected chi connectivity index (χ1v) is 8.75. The molecule has 0 saturated heterocycles. The molecule has 1 aliphatic rings. The third kappa shape index (κ3) is 3.40. The predicted octanol–water partition coefficient (Wildman–Crippen LogP) is 0.425. The molecule has 2 aromatic heterocycles. The van der Waals surface area contributed by atoms with Gasteiger partial charge in [-0.15, -0.1) is 10.2 Å². The molecule has 0 saturated carbocycles. The Morgan fingerprint density at radius 1 is 1.52 bits per heavy atom. The van der Waals surface area contributed by atoms with Crippen molar-refractivity contribution in [2.24, 2.45) is 0 Å². The predicted molar refractivity (Wildman–Crippen MR) is 87.2 cm³/mol. The zero-order valence-electron chi connectivity index (χ0n) is 13.3. The molecule has 8 nitrogen and oxygen atoms in total. The van der Waals surface area contributed by atoms with Crippen LogP contribution in [0.5, 0.6) is 0 Å². The van der Waals surface area contributed by atoms with Crippen molar-refractivity contribution in [3.8, 4) is 0 Å². The van der Waals surface area contributed by atoms with Crippen LogP contribution in [0.2, 0.25) is 0 Å². The van der Waals surface area contributed by atoms with Gasteiger partial charge in [0.2, 0.25) is 5.91 Å². The molecule has 3 N–H and O–H groups in total. The number of thioether (sulfide) groups is 1. The number of amides is 1. The Balaban J connectivity index is 1.49. The number of aryl methyl sites for hydroxylation is 1. The van der Waals surface area contributed by atoms with E-state index in [4.69, 9.17) is 0 Å². The van der Waals surface area contributed by atoms with E-state index >= 15 is 0 Å². The van der Waals surface area contributed by atoms with Crippen LogP contribution in [0.3, 0.4) is 0 Å². The molecule has 2 aromatic rings. The maximum absolute atomic E-state index is 12.3. The van der Waals surface area contributed by atoms with Crippen molar-refractivity contribution in [2.75, 3.05) is 18.8 Å². The number of hydrogen-bond acceptors (Lipinski definition) is 6. The van der Waals surface area contributed by atoms with Crippen molar-refractivity contribution >= 4 is 17.7 Å². The van der Waals surface area contributed by atoms with Gasteiger partial charge in [0.15, 0.2) is 5.16 Å². The number of rotatable bonds is 6. The minimum Gasteiger partial charge on any atom is -0.354 e. The molecule has 124 valence electrons. The van der Waals surface area contributed by atoms with E-state index < -0.39 is 0 Å². The number of aromatic amines is 1. The van der Waals surface area contributed by atoms with Crippen molar-refractivity contribution in [1.29, 1.82) is 0 Å². The highest BCUT2D eigenvalue weighted by Crippen LogP contribution is 2.19. The van der Waals surface area contributed by atoms with Gasteiger partial charge >= 0.3 is 0 Å². The molecule has 0 spiro atoms. The summed E-state index contributed by atoms with van der Waals surface area (Å²) in [5.41, 5.74) is 1.85. The molecule has 0 bridgehead atoms. The summed E-state index contributed by atoms with van der Waals surface area (Å²) in [4.78, 5) is 19.7. The van der Waals surface area contributed by atoms with Gasteiger partial charge < -0.3 is 20.2 Å². The Labute approximate surface area is 138 Å². The van der Waals surface area contributed by atoms with Crippen LogP contribution in [0.15, 0.2) is 11.5 Å². The molecule has 9 heteroatoms. The standard InChI is InChI=1S/C14H21N7OS/c1-3-21-9(2)19-20-14(21)23-7-6-16-13(22)12-11-10(4-5-15-12)17-8-18-11/h8,12,15H,3-7H2,1-2H3,(H,16,22)(H,17,18). The van der Waals surface area contributed by atoms with E-state index in [2.05, 4.69) is 42.3 Å². The van der Waals surface area contributed by atoms with E-state index in [1.54, 1.807) is 18.1 Å². The van der Waals surface area contributed by atoms with Crippen molar-refractivity contribution in [3.63, 3.8) is 0 Å². The molecule has 0 fully saturated rings. The number of carbonyl (C=O) groups excluding carboxylic acids is 1. The molecule has 1 amide bonds. The second-order valence-corrected chi connectivity index (χ2v) is 6.38. The van der Waals surface area contributed by atoms with Gasteiger partial charge in [0, 0.05) is 37.5 Å². The Morgan fingerprint density at radius 3 is 3.22 bits per heavy atom. The Bertz CT molecular complexity index is 680. The fourth-order valence-corrected chi connectivity index (χ4v) is 3.59. The number of nitrogens with zero attached hydrogens (tertiary/aromatic N) is 4. The van der Waals surface area contributed by atoms with Crippen LogP contribution in [-0.4, -0.2) is 49.5 Å². The summed E-state index contributed by atoms with van der Waals surface area (Å²) in [5, 5.41) is 15.3. The zero-order valence-corrected chi connectivity index (χ0v) is 14.1. The second kappa shape index (κ2) is 7.14. The number of imidazole rings is 1. The normalized spacial score (nSPS) is 17.0. The van der Waals surface area contributed by atoms with E-state index in [0.717, 1.165) is 47.6 Å². The molecular weight excluding hydrogens is 314 g/mol. The molecule has 1 aliphatic heterocycles. The van der Waals surface area contributed by atoms with Gasteiger partial charge in [-0.2, -0.15) is 0 Å². The highest BCUT2D eigenvalue weighted by molar-refractivity contribution is 7.99. The topological polar surface area (TPSA) is 101 Å². The van der Waals surface area contributed by atoms with Gasteiger partial charge in [-0.05, 0) is 13.8 Å². The molecular formula is C14H21N7OS. The van der Waals surface area contributed by atoms with Crippen LogP contribution in [0, 0.1) is 6.92 Å². The first-order chi connectivity index (χ1) is 11.2. The highest BCUT2D eigenvalue weighted by Gasteiger charge is 2.27. The Kier molecular flexibility index (Phi) is 4.97. The van der Waals surface area contributed by atoms with Crippen molar-refractivity contribution in [3.05, 3.63) is 23.5 Å². The van der Waals surface area contributed by atoms with Gasteiger partial charge in [0.25, 0.3) is 0 Å². The monoisotopic (exact) mass is 335 g/mol. The number of fused-ring (bicyclic) bond motifs is 1. The number of hydrogen-bond donors (Lipinski definition) is 3. The average Bonchev–Trinajstić information content (AvgIpc) is 3.17. The molecule has 0 aromatic carbocycles. The maximum Gasteiger partial charge on any atom is 0.243 e. The van der Waals surface area contributed by atoms with Gasteiger partial charge in [0.1, 0.15) is 11.9 Å².